The number of amides is 1. The number of piperidine rings is 1. The van der Waals surface area contributed by atoms with Crippen LogP contribution in [-0.4, -0.2) is 45.9 Å². The average molecular weight is 406 g/mol. The molecule has 30 heavy (non-hydrogen) atoms. The number of nitrogens with zero attached hydrogens (tertiary/aromatic N) is 5. The molecule has 1 N–H and O–H groups in total. The number of nitrogens with one attached hydrogen (secondary N) is 1. The third-order valence-electron chi connectivity index (χ3n) is 5.47. The fourth-order valence-corrected chi connectivity index (χ4v) is 3.81. The zero-order valence-corrected chi connectivity index (χ0v) is 17.3. The molecule has 0 aliphatic carbocycles. The third kappa shape index (κ3) is 4.27. The number of rotatable bonds is 6. The monoisotopic (exact) mass is 406 g/mol. The van der Waals surface area contributed by atoms with E-state index in [1.165, 1.54) is 0 Å². The topological polar surface area (TPSA) is 85.2 Å². The quantitative estimate of drug-likeness (QED) is 0.677. The minimum absolute atomic E-state index is 0.0595. The molecule has 1 atom stereocenters. The Morgan fingerprint density at radius 2 is 2.00 bits per heavy atom. The molecule has 0 radical (unpaired) electrons. The smallest absolute Gasteiger partial charge is 0.225 e. The SMILES string of the molecule is COc1ccccc1CNC(=O)C1CCCN(c2ccc(-n3ccnc3C)nn2)C1. The highest BCUT2D eigenvalue weighted by Crippen LogP contribution is 2.23. The van der Waals surface area contributed by atoms with Crippen molar-refractivity contribution >= 4 is 11.7 Å². The molecule has 1 aliphatic rings. The van der Waals surface area contributed by atoms with Crippen LogP contribution in [-0.2, 0) is 11.3 Å². The number of carbonyl (C=O) groups is 1. The van der Waals surface area contributed by atoms with Crippen molar-refractivity contribution in [3.8, 4) is 11.6 Å². The number of imidazole rings is 1. The Kier molecular flexibility index (Phi) is 5.92. The van der Waals surface area contributed by atoms with Gasteiger partial charge in [0.1, 0.15) is 11.6 Å². The Bertz CT molecular complexity index is 1000. The molecule has 1 saturated heterocycles. The maximum Gasteiger partial charge on any atom is 0.225 e. The van der Waals surface area contributed by atoms with E-state index >= 15 is 0 Å². The average Bonchev–Trinajstić information content (AvgIpc) is 3.23. The zero-order chi connectivity index (χ0) is 20.9. The summed E-state index contributed by atoms with van der Waals surface area (Å²) in [5.74, 6) is 3.15. The number of methoxy groups -OCH3 is 1. The normalized spacial score (nSPS) is 16.3. The van der Waals surface area contributed by atoms with Crippen LogP contribution in [0.15, 0.2) is 48.8 Å². The third-order valence-corrected chi connectivity index (χ3v) is 5.47. The molecule has 1 aromatic carbocycles. The van der Waals surface area contributed by atoms with Gasteiger partial charge >= 0.3 is 0 Å². The van der Waals surface area contributed by atoms with Crippen molar-refractivity contribution in [1.82, 2.24) is 25.1 Å². The second-order valence-corrected chi connectivity index (χ2v) is 7.41. The second kappa shape index (κ2) is 8.94. The molecule has 0 bridgehead atoms. The summed E-state index contributed by atoms with van der Waals surface area (Å²) in [6.07, 6.45) is 5.41. The predicted molar refractivity (Wildman–Crippen MR) is 114 cm³/mol. The van der Waals surface area contributed by atoms with Crippen molar-refractivity contribution in [3.63, 3.8) is 0 Å². The Balaban J connectivity index is 1.38. The summed E-state index contributed by atoms with van der Waals surface area (Å²) >= 11 is 0. The molecule has 156 valence electrons. The lowest BCUT2D eigenvalue weighted by Gasteiger charge is -2.32. The van der Waals surface area contributed by atoms with Gasteiger partial charge in [0.15, 0.2) is 11.6 Å². The van der Waals surface area contributed by atoms with E-state index in [1.807, 2.05) is 54.1 Å². The van der Waals surface area contributed by atoms with Crippen LogP contribution in [0.1, 0.15) is 24.2 Å². The van der Waals surface area contributed by atoms with Crippen LogP contribution in [0.4, 0.5) is 5.82 Å². The van der Waals surface area contributed by atoms with Crippen LogP contribution >= 0.6 is 0 Å². The van der Waals surface area contributed by atoms with E-state index in [2.05, 4.69) is 25.4 Å². The standard InChI is InChI=1S/C22H26N6O2/c1-16-23-11-13-28(16)21-10-9-20(25-26-21)27-12-5-7-18(15-27)22(29)24-14-17-6-3-4-8-19(17)30-2/h3-4,6,8-11,13,18H,5,7,12,14-15H2,1-2H3,(H,24,29). The largest absolute Gasteiger partial charge is 0.496 e. The molecule has 3 heterocycles. The van der Waals surface area contributed by atoms with Crippen LogP contribution in [0.2, 0.25) is 0 Å². The van der Waals surface area contributed by atoms with Crippen molar-refractivity contribution in [2.24, 2.45) is 5.92 Å². The molecule has 1 fully saturated rings. The highest BCUT2D eigenvalue weighted by Gasteiger charge is 2.26. The Labute approximate surface area is 175 Å². The summed E-state index contributed by atoms with van der Waals surface area (Å²) < 4.78 is 7.25. The highest BCUT2D eigenvalue weighted by molar-refractivity contribution is 5.79. The highest BCUT2D eigenvalue weighted by atomic mass is 16.5. The van der Waals surface area contributed by atoms with Crippen molar-refractivity contribution in [1.29, 1.82) is 0 Å². The summed E-state index contributed by atoms with van der Waals surface area (Å²) in [5, 5.41) is 11.8. The molecular weight excluding hydrogens is 380 g/mol. The van der Waals surface area contributed by atoms with Crippen LogP contribution < -0.4 is 15.0 Å². The Morgan fingerprint density at radius 3 is 2.73 bits per heavy atom. The number of ether oxygens (including phenoxy) is 1. The summed E-state index contributed by atoms with van der Waals surface area (Å²) in [4.78, 5) is 19.1. The van der Waals surface area contributed by atoms with Gasteiger partial charge in [0.05, 0.1) is 13.0 Å². The minimum Gasteiger partial charge on any atom is -0.496 e. The molecule has 2 aromatic heterocycles. The van der Waals surface area contributed by atoms with E-state index < -0.39 is 0 Å². The van der Waals surface area contributed by atoms with E-state index in [4.69, 9.17) is 4.74 Å². The molecule has 1 aliphatic heterocycles. The van der Waals surface area contributed by atoms with E-state index in [0.717, 1.165) is 48.2 Å². The first-order chi connectivity index (χ1) is 14.7. The first-order valence-electron chi connectivity index (χ1n) is 10.1. The van der Waals surface area contributed by atoms with E-state index in [0.29, 0.717) is 13.1 Å². The summed E-state index contributed by atoms with van der Waals surface area (Å²) in [6.45, 7) is 3.89. The van der Waals surface area contributed by atoms with Crippen LogP contribution in [0.5, 0.6) is 5.75 Å². The number of hydrogen-bond donors (Lipinski definition) is 1. The van der Waals surface area contributed by atoms with Gasteiger partial charge in [-0.1, -0.05) is 18.2 Å². The van der Waals surface area contributed by atoms with Gasteiger partial charge in [-0.25, -0.2) is 4.98 Å². The van der Waals surface area contributed by atoms with Gasteiger partial charge in [-0.3, -0.25) is 9.36 Å². The van der Waals surface area contributed by atoms with Gasteiger partial charge in [0, 0.05) is 37.6 Å². The van der Waals surface area contributed by atoms with Crippen LogP contribution in [0.25, 0.3) is 5.82 Å². The summed E-state index contributed by atoms with van der Waals surface area (Å²) in [7, 11) is 1.64. The molecule has 1 amide bonds. The number of anilines is 1. The lowest BCUT2D eigenvalue weighted by Crippen LogP contribution is -2.43. The number of aryl methyl sites for hydroxylation is 1. The number of carbonyl (C=O) groups excluding carboxylic acids is 1. The molecule has 0 saturated carbocycles. The van der Waals surface area contributed by atoms with Crippen molar-refractivity contribution in [3.05, 3.63) is 60.2 Å². The first kappa shape index (κ1) is 19.9. The number of hydrogen-bond acceptors (Lipinski definition) is 6. The molecule has 0 spiro atoms. The Hall–Kier alpha value is -3.42. The van der Waals surface area contributed by atoms with Gasteiger partial charge < -0.3 is 15.0 Å². The zero-order valence-electron chi connectivity index (χ0n) is 17.3. The van der Waals surface area contributed by atoms with Crippen LogP contribution in [0.3, 0.4) is 0 Å². The number of para-hydroxylation sites is 1. The number of aromatic nitrogens is 4. The van der Waals surface area contributed by atoms with E-state index in [9.17, 15) is 4.79 Å². The molecule has 8 nitrogen and oxygen atoms in total. The van der Waals surface area contributed by atoms with Crippen LogP contribution in [0, 0.1) is 12.8 Å². The van der Waals surface area contributed by atoms with Crippen molar-refractivity contribution in [2.45, 2.75) is 26.3 Å². The fourth-order valence-electron chi connectivity index (χ4n) is 3.81. The molecule has 8 heteroatoms. The van der Waals surface area contributed by atoms with Gasteiger partial charge in [-0.2, -0.15) is 0 Å². The Morgan fingerprint density at radius 1 is 1.20 bits per heavy atom. The van der Waals surface area contributed by atoms with Gasteiger partial charge in [0.25, 0.3) is 0 Å². The molecule has 1 unspecified atom stereocenters. The molecule has 3 aromatic rings. The van der Waals surface area contributed by atoms with Gasteiger partial charge in [0.2, 0.25) is 5.91 Å². The minimum atomic E-state index is -0.0779. The van der Waals surface area contributed by atoms with Crippen molar-refractivity contribution in [2.75, 3.05) is 25.1 Å². The molecule has 4 rings (SSSR count). The summed E-state index contributed by atoms with van der Waals surface area (Å²) in [6, 6.07) is 11.6. The lowest BCUT2D eigenvalue weighted by atomic mass is 9.97. The lowest BCUT2D eigenvalue weighted by molar-refractivity contribution is -0.125. The molecular formula is C22H26N6O2. The number of benzene rings is 1. The predicted octanol–water partition coefficient (Wildman–Crippen LogP) is 2.51. The fraction of sp³-hybridized carbons (Fsp3) is 0.364. The van der Waals surface area contributed by atoms with Gasteiger partial charge in [-0.15, -0.1) is 10.2 Å². The first-order valence-corrected chi connectivity index (χ1v) is 10.1. The maximum absolute atomic E-state index is 12.8. The summed E-state index contributed by atoms with van der Waals surface area (Å²) in [5.41, 5.74) is 0.970. The van der Waals surface area contributed by atoms with Gasteiger partial charge in [-0.05, 0) is 38.0 Å². The maximum atomic E-state index is 12.8. The second-order valence-electron chi connectivity index (χ2n) is 7.41. The van der Waals surface area contributed by atoms with Crippen molar-refractivity contribution < 1.29 is 9.53 Å². The van der Waals surface area contributed by atoms with E-state index in [1.54, 1.807) is 13.3 Å². The van der Waals surface area contributed by atoms with E-state index in [-0.39, 0.29) is 11.8 Å².